The van der Waals surface area contributed by atoms with Crippen molar-refractivity contribution in [2.45, 2.75) is 110 Å². The van der Waals surface area contributed by atoms with Gasteiger partial charge < -0.3 is 24.8 Å². The van der Waals surface area contributed by atoms with Crippen LogP contribution in [0.5, 0.6) is 11.5 Å². The molecule has 1 aliphatic carbocycles. The maximum Gasteiger partial charge on any atom is 0.408 e. The van der Waals surface area contributed by atoms with Crippen LogP contribution in [0.1, 0.15) is 74.7 Å². The number of amides is 4. The van der Waals surface area contributed by atoms with E-state index in [1.54, 1.807) is 93.0 Å². The third kappa shape index (κ3) is 8.77. The number of carbonyl (C=O) groups excluding carboxylic acids is 4. The van der Waals surface area contributed by atoms with Crippen molar-refractivity contribution >= 4 is 44.9 Å². The van der Waals surface area contributed by atoms with E-state index in [0.29, 0.717) is 22.4 Å². The van der Waals surface area contributed by atoms with Crippen LogP contribution in [0.4, 0.5) is 4.79 Å². The van der Waals surface area contributed by atoms with Crippen LogP contribution in [0.2, 0.25) is 0 Å². The average Bonchev–Trinajstić information content (AvgIpc) is 3.60. The lowest BCUT2D eigenvalue weighted by Crippen LogP contribution is -2.62. The Morgan fingerprint density at radius 1 is 1.10 bits per heavy atom. The van der Waals surface area contributed by atoms with E-state index in [0.717, 1.165) is 4.31 Å². The summed E-state index contributed by atoms with van der Waals surface area (Å²) >= 11 is 0. The quantitative estimate of drug-likeness (QED) is 0.271. The smallest absolute Gasteiger partial charge is 0.408 e. The van der Waals surface area contributed by atoms with E-state index in [1.165, 1.54) is 18.0 Å². The van der Waals surface area contributed by atoms with Crippen LogP contribution < -0.4 is 24.8 Å². The Hall–Kier alpha value is -4.44. The highest BCUT2D eigenvalue weighted by Gasteiger charge is 2.62. The number of benzene rings is 1. The third-order valence-electron chi connectivity index (χ3n) is 9.22. The molecule has 2 heterocycles. The number of rotatable bonds is 12. The fourth-order valence-corrected chi connectivity index (χ4v) is 7.16. The van der Waals surface area contributed by atoms with E-state index in [1.807, 2.05) is 0 Å². The molecule has 5 atom stereocenters. The van der Waals surface area contributed by atoms with Crippen molar-refractivity contribution in [3.8, 4) is 11.5 Å². The first kappa shape index (κ1) is 40.3. The zero-order valence-corrected chi connectivity index (χ0v) is 32.4. The van der Waals surface area contributed by atoms with E-state index in [9.17, 15) is 27.6 Å². The van der Waals surface area contributed by atoms with E-state index in [4.69, 9.17) is 14.2 Å². The number of ether oxygens (including phenoxy) is 3. The molecule has 2 fully saturated rings. The van der Waals surface area contributed by atoms with Gasteiger partial charge in [-0.15, -0.1) is 6.58 Å². The van der Waals surface area contributed by atoms with Gasteiger partial charge in [-0.3, -0.25) is 24.3 Å². The number of nitrogens with one attached hydrogen (secondary N) is 3. The number of carbonyl (C=O) groups is 4. The lowest BCUT2D eigenvalue weighted by molar-refractivity contribution is -0.149. The number of aromatic nitrogens is 1. The number of hydrogen-bond donors (Lipinski definition) is 3. The number of likely N-dealkylation sites (tertiary alicyclic amines) is 1. The Morgan fingerprint density at radius 3 is 2.33 bits per heavy atom. The lowest BCUT2D eigenvalue weighted by atomic mass is 9.85. The molecular formula is C36H52N6O9S. The molecule has 3 N–H and O–H groups in total. The van der Waals surface area contributed by atoms with Gasteiger partial charge in [0, 0.05) is 43.1 Å². The van der Waals surface area contributed by atoms with E-state index >= 15 is 0 Å². The first-order valence-electron chi connectivity index (χ1n) is 17.2. The second-order valence-electron chi connectivity index (χ2n) is 15.6. The van der Waals surface area contributed by atoms with Gasteiger partial charge in [-0.2, -0.15) is 12.7 Å². The second kappa shape index (κ2) is 14.9. The van der Waals surface area contributed by atoms with Crippen molar-refractivity contribution in [3.63, 3.8) is 0 Å². The van der Waals surface area contributed by atoms with Crippen molar-refractivity contribution in [1.82, 2.24) is 29.5 Å². The van der Waals surface area contributed by atoms with Crippen LogP contribution in [-0.4, -0.2) is 96.1 Å². The van der Waals surface area contributed by atoms with Gasteiger partial charge in [0.2, 0.25) is 11.8 Å². The number of fused-ring (bicyclic) bond motifs is 1. The summed E-state index contributed by atoms with van der Waals surface area (Å²) in [6, 6.07) is 4.14. The topological polar surface area (TPSA) is 186 Å². The normalized spacial score (nSPS) is 22.5. The Kier molecular flexibility index (Phi) is 11.6. The summed E-state index contributed by atoms with van der Waals surface area (Å²) in [4.78, 5) is 61.3. The molecule has 286 valence electrons. The van der Waals surface area contributed by atoms with E-state index < -0.39 is 80.9 Å². The molecular weight excluding hydrogens is 692 g/mol. The molecule has 2 aliphatic rings. The van der Waals surface area contributed by atoms with Gasteiger partial charge in [0.15, 0.2) is 6.23 Å². The van der Waals surface area contributed by atoms with E-state index in [-0.39, 0.29) is 19.3 Å². The van der Waals surface area contributed by atoms with Gasteiger partial charge in [0.05, 0.1) is 12.6 Å². The first-order valence-corrected chi connectivity index (χ1v) is 18.6. The Labute approximate surface area is 306 Å². The SMILES string of the molecule is C=CC1CC1(NC(=O)[C@@H]1CC[C@@H](Oc2ccnc3cc(OC)ccc23)N1C(=O)[C@H](NC(=O)OC(C)(C)C)C(C)(C)C)C(=O)NS(=O)(=O)N(C)C(C)C. The van der Waals surface area contributed by atoms with Crippen LogP contribution >= 0.6 is 0 Å². The molecule has 16 heteroatoms. The molecule has 15 nitrogen and oxygen atoms in total. The zero-order chi connectivity index (χ0) is 39.0. The summed E-state index contributed by atoms with van der Waals surface area (Å²) in [5, 5.41) is 6.11. The highest BCUT2D eigenvalue weighted by Crippen LogP contribution is 2.45. The predicted octanol–water partition coefficient (Wildman–Crippen LogP) is 3.64. The highest BCUT2D eigenvalue weighted by molar-refractivity contribution is 7.87. The Balaban J connectivity index is 1.71. The van der Waals surface area contributed by atoms with Gasteiger partial charge in [0.1, 0.15) is 34.7 Å². The molecule has 0 bridgehead atoms. The maximum atomic E-state index is 14.7. The summed E-state index contributed by atoms with van der Waals surface area (Å²) in [6.07, 6.45) is 1.68. The monoisotopic (exact) mass is 744 g/mol. The summed E-state index contributed by atoms with van der Waals surface area (Å²) in [5.74, 6) is -1.80. The second-order valence-corrected chi connectivity index (χ2v) is 17.3. The first-order chi connectivity index (χ1) is 24.0. The van der Waals surface area contributed by atoms with Gasteiger partial charge in [-0.25, -0.2) is 9.52 Å². The van der Waals surface area contributed by atoms with Gasteiger partial charge in [-0.05, 0) is 71.1 Å². The molecule has 0 spiro atoms. The third-order valence-corrected chi connectivity index (χ3v) is 10.8. The lowest BCUT2D eigenvalue weighted by Gasteiger charge is -2.38. The molecule has 1 aromatic carbocycles. The predicted molar refractivity (Wildman–Crippen MR) is 194 cm³/mol. The summed E-state index contributed by atoms with van der Waals surface area (Å²) < 4.78 is 46.3. The number of alkyl carbamates (subject to hydrolysis) is 1. The van der Waals surface area contributed by atoms with Crippen molar-refractivity contribution < 1.29 is 41.8 Å². The van der Waals surface area contributed by atoms with Gasteiger partial charge >= 0.3 is 16.3 Å². The molecule has 1 aliphatic heterocycles. The summed E-state index contributed by atoms with van der Waals surface area (Å²) in [7, 11) is -1.35. The van der Waals surface area contributed by atoms with Crippen molar-refractivity contribution in [1.29, 1.82) is 0 Å². The van der Waals surface area contributed by atoms with Crippen LogP contribution in [0.3, 0.4) is 0 Å². The minimum atomic E-state index is -4.23. The molecule has 2 unspecified atom stereocenters. The molecule has 1 aromatic heterocycles. The van der Waals surface area contributed by atoms with Crippen molar-refractivity contribution in [3.05, 3.63) is 43.1 Å². The standard InChI is InChI=1S/C36H52N6O9S/c1-12-22-20-36(22,32(45)40-52(47,48)41(10)21(2)3)39-30(43)26-15-16-28(50-27-17-18-37-25-19-23(49-11)13-14-24(25)27)42(26)31(44)29(34(4,5)6)38-33(46)51-35(7,8)9/h12-14,17-19,21-22,26,28-29H,1,15-16,20H2,2-11H3,(H,38,46)(H,39,43)(H,40,45)/t22?,26-,28+,29-,36?/m0/s1. The number of pyridine rings is 1. The number of hydrogen-bond acceptors (Lipinski definition) is 10. The Morgan fingerprint density at radius 2 is 1.77 bits per heavy atom. The number of methoxy groups -OCH3 is 1. The van der Waals surface area contributed by atoms with Gasteiger partial charge in [0.25, 0.3) is 5.91 Å². The van der Waals surface area contributed by atoms with Crippen LogP contribution in [0.25, 0.3) is 10.9 Å². The van der Waals surface area contributed by atoms with Crippen LogP contribution in [-0.2, 0) is 29.3 Å². The maximum absolute atomic E-state index is 14.7. The fraction of sp³-hybridized carbons (Fsp3) is 0.583. The minimum Gasteiger partial charge on any atom is -0.497 e. The van der Waals surface area contributed by atoms with Crippen molar-refractivity contribution in [2.75, 3.05) is 14.2 Å². The average molecular weight is 745 g/mol. The van der Waals surface area contributed by atoms with E-state index in [2.05, 4.69) is 26.9 Å². The van der Waals surface area contributed by atoms with Crippen LogP contribution in [0, 0.1) is 11.3 Å². The summed E-state index contributed by atoms with van der Waals surface area (Å²) in [6.45, 7) is 17.5. The molecule has 2 aromatic rings. The Bertz CT molecular complexity index is 1820. The molecule has 4 amide bonds. The zero-order valence-electron chi connectivity index (χ0n) is 31.6. The minimum absolute atomic E-state index is 0.104. The highest BCUT2D eigenvalue weighted by atomic mass is 32.2. The molecule has 52 heavy (non-hydrogen) atoms. The van der Waals surface area contributed by atoms with Crippen LogP contribution in [0.15, 0.2) is 43.1 Å². The largest absolute Gasteiger partial charge is 0.497 e. The fourth-order valence-electron chi connectivity index (χ4n) is 6.04. The van der Waals surface area contributed by atoms with Crippen molar-refractivity contribution in [2.24, 2.45) is 11.3 Å². The molecule has 4 rings (SSSR count). The molecule has 0 radical (unpaired) electrons. The molecule has 1 saturated heterocycles. The molecule has 1 saturated carbocycles. The van der Waals surface area contributed by atoms with Gasteiger partial charge in [-0.1, -0.05) is 26.8 Å². The number of nitrogens with zero attached hydrogens (tertiary/aromatic N) is 3. The summed E-state index contributed by atoms with van der Waals surface area (Å²) in [5.41, 5.74) is -2.74.